The highest BCUT2D eigenvalue weighted by atomic mass is 32.2. The molecule has 0 fully saturated rings. The Morgan fingerprint density at radius 1 is 1.17 bits per heavy atom. The van der Waals surface area contributed by atoms with Crippen molar-refractivity contribution in [1.82, 2.24) is 0 Å². The van der Waals surface area contributed by atoms with Crippen LogP contribution < -0.4 is 11.2 Å². The van der Waals surface area contributed by atoms with Crippen molar-refractivity contribution in [2.75, 3.05) is 5.32 Å². The van der Waals surface area contributed by atoms with E-state index in [1.165, 1.54) is 6.92 Å². The second-order valence-electron chi connectivity index (χ2n) is 4.64. The van der Waals surface area contributed by atoms with Crippen LogP contribution in [-0.4, -0.2) is 5.91 Å². The van der Waals surface area contributed by atoms with Crippen molar-refractivity contribution in [2.24, 2.45) is 16.1 Å². The highest BCUT2D eigenvalue weighted by molar-refractivity contribution is 7.94. The number of nitrogens with two attached hydrogens (primary N) is 1. The predicted molar refractivity (Wildman–Crippen MR) is 88.3 cm³/mol. The fourth-order valence-electron chi connectivity index (χ4n) is 1.77. The molecule has 0 bridgehead atoms. The van der Waals surface area contributed by atoms with Crippen LogP contribution in [0.4, 0.5) is 17.1 Å². The molecule has 0 aliphatic heterocycles. The standard InChI is InChI=1S/C15H16N4O3S/c1-10-3-8-14(15(9-10)17-11(2)20)19-18-12-4-6-13(7-5-12)23-22-21-16/h3-9H,16H2,1-2H3,(H,17,20). The van der Waals surface area contributed by atoms with Gasteiger partial charge in [0.05, 0.1) is 23.4 Å². The molecule has 0 unspecified atom stereocenters. The maximum atomic E-state index is 11.3. The first kappa shape index (κ1) is 17.1. The zero-order valence-corrected chi connectivity index (χ0v) is 13.5. The molecule has 0 heterocycles. The summed E-state index contributed by atoms with van der Waals surface area (Å²) in [6.45, 7) is 3.39. The van der Waals surface area contributed by atoms with Crippen molar-refractivity contribution < 1.29 is 14.1 Å². The van der Waals surface area contributed by atoms with Gasteiger partial charge in [-0.1, -0.05) is 6.07 Å². The Kier molecular flexibility index (Phi) is 6.24. The molecule has 0 atom stereocenters. The Balaban J connectivity index is 2.14. The second kappa shape index (κ2) is 8.39. The van der Waals surface area contributed by atoms with Crippen molar-refractivity contribution in [3.63, 3.8) is 0 Å². The molecule has 120 valence electrons. The molecular formula is C15H16N4O3S. The molecule has 0 aliphatic rings. The van der Waals surface area contributed by atoms with Crippen LogP contribution in [0.15, 0.2) is 57.6 Å². The van der Waals surface area contributed by atoms with Gasteiger partial charge in [-0.05, 0) is 48.9 Å². The van der Waals surface area contributed by atoms with Crippen LogP contribution in [0.5, 0.6) is 0 Å². The molecule has 0 aromatic heterocycles. The summed E-state index contributed by atoms with van der Waals surface area (Å²) < 4.78 is 4.55. The number of benzene rings is 2. The van der Waals surface area contributed by atoms with E-state index in [9.17, 15) is 4.79 Å². The number of amides is 1. The third-order valence-corrected chi connectivity index (χ3v) is 3.35. The third-order valence-electron chi connectivity index (χ3n) is 2.74. The van der Waals surface area contributed by atoms with Gasteiger partial charge in [-0.3, -0.25) is 4.79 Å². The van der Waals surface area contributed by atoms with E-state index in [1.807, 2.05) is 19.1 Å². The molecule has 2 aromatic carbocycles. The zero-order chi connectivity index (χ0) is 16.7. The van der Waals surface area contributed by atoms with Crippen LogP contribution in [0.2, 0.25) is 0 Å². The number of rotatable bonds is 6. The molecule has 23 heavy (non-hydrogen) atoms. The topological polar surface area (TPSA) is 98.3 Å². The number of hydrogen-bond acceptors (Lipinski definition) is 7. The number of anilines is 1. The number of nitrogens with zero attached hydrogens (tertiary/aromatic N) is 2. The van der Waals surface area contributed by atoms with Crippen molar-refractivity contribution in [1.29, 1.82) is 0 Å². The van der Waals surface area contributed by atoms with E-state index in [4.69, 9.17) is 5.90 Å². The minimum absolute atomic E-state index is 0.157. The Bertz CT molecular complexity index is 704. The van der Waals surface area contributed by atoms with Gasteiger partial charge < -0.3 is 5.32 Å². The van der Waals surface area contributed by atoms with Crippen LogP contribution in [0.1, 0.15) is 12.5 Å². The van der Waals surface area contributed by atoms with E-state index in [2.05, 4.69) is 24.9 Å². The Morgan fingerprint density at radius 2 is 1.91 bits per heavy atom. The van der Waals surface area contributed by atoms with Crippen molar-refractivity contribution >= 4 is 35.0 Å². The lowest BCUT2D eigenvalue weighted by atomic mass is 10.2. The van der Waals surface area contributed by atoms with Crippen LogP contribution in [0.3, 0.4) is 0 Å². The lowest BCUT2D eigenvalue weighted by molar-refractivity contribution is -0.195. The molecule has 3 N–H and O–H groups in total. The highest BCUT2D eigenvalue weighted by Gasteiger charge is 2.04. The molecule has 0 saturated carbocycles. The molecule has 2 aromatic rings. The summed E-state index contributed by atoms with van der Waals surface area (Å²) in [7, 11) is 0. The molecule has 0 spiro atoms. The van der Waals surface area contributed by atoms with Crippen LogP contribution >= 0.6 is 12.0 Å². The largest absolute Gasteiger partial charge is 0.324 e. The first-order chi connectivity index (χ1) is 11.1. The van der Waals surface area contributed by atoms with Crippen LogP contribution in [0.25, 0.3) is 0 Å². The van der Waals surface area contributed by atoms with Gasteiger partial charge in [0.15, 0.2) is 0 Å². The monoisotopic (exact) mass is 332 g/mol. The lowest BCUT2D eigenvalue weighted by Gasteiger charge is -2.06. The molecule has 2 rings (SSSR count). The number of hydrogen-bond donors (Lipinski definition) is 2. The second-order valence-corrected chi connectivity index (χ2v) is 5.42. The Labute approximate surface area is 138 Å². The van der Waals surface area contributed by atoms with Gasteiger partial charge in [-0.25, -0.2) is 0 Å². The number of nitrogens with one attached hydrogen (secondary N) is 1. The number of aryl methyl sites for hydroxylation is 1. The molecule has 0 aliphatic carbocycles. The molecule has 1 amide bonds. The maximum Gasteiger partial charge on any atom is 0.221 e. The summed E-state index contributed by atoms with van der Waals surface area (Å²) >= 11 is 0.987. The van der Waals surface area contributed by atoms with Crippen molar-refractivity contribution in [2.45, 2.75) is 18.7 Å². The smallest absolute Gasteiger partial charge is 0.221 e. The van der Waals surface area contributed by atoms with Crippen LogP contribution in [-0.2, 0) is 14.1 Å². The molecule has 0 radical (unpaired) electrons. The van der Waals surface area contributed by atoms with Crippen molar-refractivity contribution in [3.05, 3.63) is 48.0 Å². The summed E-state index contributed by atoms with van der Waals surface area (Å²) in [6, 6.07) is 12.7. The molecule has 8 heteroatoms. The summed E-state index contributed by atoms with van der Waals surface area (Å²) in [4.78, 5) is 16.1. The van der Waals surface area contributed by atoms with Gasteiger partial charge in [-0.2, -0.15) is 11.0 Å². The van der Waals surface area contributed by atoms with E-state index < -0.39 is 0 Å². The SMILES string of the molecule is CC(=O)Nc1cc(C)ccc1N=Nc1ccc(SOON)cc1. The first-order valence-corrected chi connectivity index (χ1v) is 7.43. The van der Waals surface area contributed by atoms with Gasteiger partial charge in [-0.15, -0.1) is 14.4 Å². The fraction of sp³-hybridized carbons (Fsp3) is 0.133. The Hall–Kier alpha value is -2.26. The van der Waals surface area contributed by atoms with Gasteiger partial charge in [0.2, 0.25) is 5.91 Å². The van der Waals surface area contributed by atoms with E-state index >= 15 is 0 Å². The van der Waals surface area contributed by atoms with Gasteiger partial charge >= 0.3 is 0 Å². The molecule has 0 saturated heterocycles. The molecule has 7 nitrogen and oxygen atoms in total. The summed E-state index contributed by atoms with van der Waals surface area (Å²) in [6.07, 6.45) is 0. The average molecular weight is 332 g/mol. The zero-order valence-electron chi connectivity index (χ0n) is 12.6. The number of carbonyl (C=O) groups excluding carboxylic acids is 1. The highest BCUT2D eigenvalue weighted by Crippen LogP contribution is 2.29. The minimum atomic E-state index is -0.157. The average Bonchev–Trinajstić information content (AvgIpc) is 2.52. The number of carbonyl (C=O) groups is 1. The quantitative estimate of drug-likeness (QED) is 0.357. The fourth-order valence-corrected chi connectivity index (χ4v) is 2.13. The Morgan fingerprint density at radius 3 is 2.57 bits per heavy atom. The van der Waals surface area contributed by atoms with Crippen molar-refractivity contribution in [3.8, 4) is 0 Å². The van der Waals surface area contributed by atoms with Gasteiger partial charge in [0.1, 0.15) is 5.69 Å². The summed E-state index contributed by atoms with van der Waals surface area (Å²) in [5, 5.41) is 11.1. The first-order valence-electron chi connectivity index (χ1n) is 6.68. The lowest BCUT2D eigenvalue weighted by Crippen LogP contribution is -2.05. The van der Waals surface area contributed by atoms with Gasteiger partial charge in [0, 0.05) is 11.8 Å². The minimum Gasteiger partial charge on any atom is -0.324 e. The summed E-state index contributed by atoms with van der Waals surface area (Å²) in [5.41, 5.74) is 2.90. The predicted octanol–water partition coefficient (Wildman–Crippen LogP) is 4.20. The van der Waals surface area contributed by atoms with E-state index in [0.29, 0.717) is 17.1 Å². The maximum absolute atomic E-state index is 11.3. The van der Waals surface area contributed by atoms with E-state index in [0.717, 1.165) is 22.5 Å². The van der Waals surface area contributed by atoms with E-state index in [1.54, 1.807) is 30.3 Å². The van der Waals surface area contributed by atoms with Crippen LogP contribution in [0, 0.1) is 6.92 Å². The van der Waals surface area contributed by atoms with Gasteiger partial charge in [0.25, 0.3) is 0 Å². The normalized spacial score (nSPS) is 10.9. The summed E-state index contributed by atoms with van der Waals surface area (Å²) in [5.74, 6) is 4.61. The number of azo groups is 1. The van der Waals surface area contributed by atoms with E-state index in [-0.39, 0.29) is 5.91 Å². The molecular weight excluding hydrogens is 316 g/mol. The third kappa shape index (κ3) is 5.46.